The summed E-state index contributed by atoms with van der Waals surface area (Å²) in [5.74, 6) is 0.193. The summed E-state index contributed by atoms with van der Waals surface area (Å²) in [7, 11) is 1.75. The highest BCUT2D eigenvalue weighted by atomic mass is 35.5. The van der Waals surface area contributed by atoms with Crippen molar-refractivity contribution in [3.63, 3.8) is 0 Å². The van der Waals surface area contributed by atoms with Crippen LogP contribution in [0.1, 0.15) is 18.1 Å². The van der Waals surface area contributed by atoms with E-state index in [-0.39, 0.29) is 30.9 Å². The molecule has 2 aromatic rings. The standard InChI is InChI=1S/C24H27Cl2N5O2/c1-15-11-29(13-16-6-4-3-5-7-16)23-27-21-20(30(23)12-15)22(32)31(24(33)28(21)2)14-17-8-9-18(25)10-19(17)26/h3-10,15,20-21,23,27H,11-14H2,1-2H3. The van der Waals surface area contributed by atoms with Crippen molar-refractivity contribution >= 4 is 35.1 Å². The maximum absolute atomic E-state index is 13.7. The van der Waals surface area contributed by atoms with Gasteiger partial charge in [0.15, 0.2) is 0 Å². The molecule has 9 heteroatoms. The topological polar surface area (TPSA) is 59.1 Å². The molecule has 1 N–H and O–H groups in total. The number of nitrogens with one attached hydrogen (secondary N) is 1. The number of amides is 3. The van der Waals surface area contributed by atoms with Gasteiger partial charge in [-0.25, -0.2) is 4.79 Å². The van der Waals surface area contributed by atoms with Gasteiger partial charge >= 0.3 is 6.03 Å². The molecule has 0 spiro atoms. The summed E-state index contributed by atoms with van der Waals surface area (Å²) in [5, 5.41) is 4.52. The highest BCUT2D eigenvalue weighted by Gasteiger charge is 2.56. The van der Waals surface area contributed by atoms with E-state index in [0.717, 1.165) is 19.6 Å². The van der Waals surface area contributed by atoms with Crippen LogP contribution in [-0.4, -0.2) is 70.2 Å². The van der Waals surface area contributed by atoms with Crippen molar-refractivity contribution in [2.75, 3.05) is 20.1 Å². The highest BCUT2D eigenvalue weighted by molar-refractivity contribution is 6.35. The second-order valence-corrected chi connectivity index (χ2v) is 10.0. The molecule has 33 heavy (non-hydrogen) atoms. The first kappa shape index (κ1) is 22.6. The summed E-state index contributed by atoms with van der Waals surface area (Å²) in [6.45, 7) is 4.79. The molecule has 4 atom stereocenters. The number of imide groups is 1. The van der Waals surface area contributed by atoms with E-state index >= 15 is 0 Å². The monoisotopic (exact) mass is 487 g/mol. The van der Waals surface area contributed by atoms with E-state index in [9.17, 15) is 9.59 Å². The van der Waals surface area contributed by atoms with E-state index in [1.54, 1.807) is 30.1 Å². The molecule has 0 radical (unpaired) electrons. The number of fused-ring (bicyclic) bond motifs is 3. The van der Waals surface area contributed by atoms with Gasteiger partial charge in [-0.15, -0.1) is 0 Å². The Bertz CT molecular complexity index is 1070. The fourth-order valence-corrected chi connectivity index (χ4v) is 5.69. The third-order valence-electron chi connectivity index (χ3n) is 6.75. The molecule has 0 aliphatic carbocycles. The van der Waals surface area contributed by atoms with Crippen LogP contribution in [0.25, 0.3) is 0 Å². The Labute approximate surface area is 203 Å². The quantitative estimate of drug-likeness (QED) is 0.715. The van der Waals surface area contributed by atoms with Gasteiger partial charge in [-0.05, 0) is 29.2 Å². The fourth-order valence-electron chi connectivity index (χ4n) is 5.22. The number of rotatable bonds is 4. The number of halogens is 2. The average Bonchev–Trinajstić information content (AvgIpc) is 3.17. The number of likely N-dealkylation sites (N-methyl/N-ethyl adjacent to an activating group) is 1. The minimum atomic E-state index is -0.454. The molecule has 2 aromatic carbocycles. The minimum Gasteiger partial charge on any atom is -0.310 e. The van der Waals surface area contributed by atoms with Crippen LogP contribution >= 0.6 is 23.2 Å². The zero-order valence-corrected chi connectivity index (χ0v) is 20.1. The van der Waals surface area contributed by atoms with Crippen LogP contribution in [-0.2, 0) is 17.9 Å². The van der Waals surface area contributed by atoms with Crippen LogP contribution in [0.2, 0.25) is 10.0 Å². The number of hydrogen-bond acceptors (Lipinski definition) is 5. The summed E-state index contributed by atoms with van der Waals surface area (Å²) in [6.07, 6.45) is -0.495. The molecule has 3 amide bonds. The first-order valence-corrected chi connectivity index (χ1v) is 11.9. The largest absolute Gasteiger partial charge is 0.328 e. The normalized spacial score (nSPS) is 28.2. The van der Waals surface area contributed by atoms with E-state index in [1.807, 2.05) is 18.2 Å². The Hall–Kier alpha value is -2.16. The van der Waals surface area contributed by atoms with Gasteiger partial charge in [0.25, 0.3) is 5.91 Å². The summed E-state index contributed by atoms with van der Waals surface area (Å²) in [5.41, 5.74) is 1.91. The molecule has 3 saturated heterocycles. The average molecular weight is 488 g/mol. The molecule has 0 saturated carbocycles. The predicted octanol–water partition coefficient (Wildman–Crippen LogP) is 3.42. The Balaban J connectivity index is 1.41. The van der Waals surface area contributed by atoms with Crippen molar-refractivity contribution in [1.82, 2.24) is 24.9 Å². The molecule has 3 heterocycles. The van der Waals surface area contributed by atoms with Crippen LogP contribution in [0.3, 0.4) is 0 Å². The van der Waals surface area contributed by atoms with Crippen LogP contribution in [0.4, 0.5) is 4.79 Å². The van der Waals surface area contributed by atoms with Gasteiger partial charge in [0.1, 0.15) is 18.5 Å². The van der Waals surface area contributed by atoms with Crippen molar-refractivity contribution in [2.24, 2.45) is 5.92 Å². The van der Waals surface area contributed by atoms with Gasteiger partial charge in [0.2, 0.25) is 0 Å². The number of benzene rings is 2. The summed E-state index contributed by atoms with van der Waals surface area (Å²) in [4.78, 5) is 34.4. The Morgan fingerprint density at radius 1 is 1.03 bits per heavy atom. The maximum atomic E-state index is 13.7. The van der Waals surface area contributed by atoms with Crippen LogP contribution in [0.15, 0.2) is 48.5 Å². The van der Waals surface area contributed by atoms with Crippen molar-refractivity contribution < 1.29 is 9.59 Å². The van der Waals surface area contributed by atoms with Gasteiger partial charge in [0, 0.05) is 36.7 Å². The van der Waals surface area contributed by atoms with E-state index < -0.39 is 6.04 Å². The molecule has 7 nitrogen and oxygen atoms in total. The number of hydrogen-bond donors (Lipinski definition) is 1. The molecule has 3 aliphatic heterocycles. The van der Waals surface area contributed by atoms with Gasteiger partial charge in [-0.2, -0.15) is 0 Å². The first-order valence-electron chi connectivity index (χ1n) is 11.2. The molecular weight excluding hydrogens is 461 g/mol. The number of carbonyl (C=O) groups excluding carboxylic acids is 2. The molecule has 3 aliphatic rings. The molecule has 174 valence electrons. The Kier molecular flexibility index (Phi) is 6.09. The van der Waals surface area contributed by atoms with E-state index in [1.165, 1.54) is 10.5 Å². The summed E-state index contributed by atoms with van der Waals surface area (Å²) < 4.78 is 0. The predicted molar refractivity (Wildman–Crippen MR) is 127 cm³/mol. The molecule has 4 unspecified atom stereocenters. The van der Waals surface area contributed by atoms with Gasteiger partial charge in [-0.1, -0.05) is 66.5 Å². The molecule has 5 rings (SSSR count). The molecule has 0 bridgehead atoms. The van der Waals surface area contributed by atoms with E-state index in [2.05, 4.69) is 34.2 Å². The van der Waals surface area contributed by atoms with E-state index in [4.69, 9.17) is 23.2 Å². The second kappa shape index (κ2) is 8.89. The zero-order chi connectivity index (χ0) is 23.3. The Morgan fingerprint density at radius 3 is 2.52 bits per heavy atom. The van der Waals surface area contributed by atoms with Crippen molar-refractivity contribution in [2.45, 2.75) is 38.5 Å². The van der Waals surface area contributed by atoms with Gasteiger partial charge in [-0.3, -0.25) is 24.8 Å². The minimum absolute atomic E-state index is 0.114. The Morgan fingerprint density at radius 2 is 1.79 bits per heavy atom. The van der Waals surface area contributed by atoms with Crippen LogP contribution in [0, 0.1) is 5.92 Å². The SMILES string of the molecule is CC1CN(Cc2ccccc2)C2NC3C(C(=O)N(Cc4ccc(Cl)cc4Cl)C(=O)N3C)N2C1. The van der Waals surface area contributed by atoms with Crippen LogP contribution < -0.4 is 5.32 Å². The van der Waals surface area contributed by atoms with Crippen molar-refractivity contribution in [1.29, 1.82) is 0 Å². The van der Waals surface area contributed by atoms with E-state index in [0.29, 0.717) is 21.5 Å². The lowest BCUT2D eigenvalue weighted by atomic mass is 10.0. The smallest absolute Gasteiger partial charge is 0.310 e. The highest BCUT2D eigenvalue weighted by Crippen LogP contribution is 2.34. The number of nitrogens with zero attached hydrogens (tertiary/aromatic N) is 4. The van der Waals surface area contributed by atoms with Gasteiger partial charge in [0.05, 0.1) is 6.54 Å². The number of urea groups is 1. The summed E-state index contributed by atoms with van der Waals surface area (Å²) >= 11 is 12.4. The number of carbonyl (C=O) groups is 2. The van der Waals surface area contributed by atoms with Crippen molar-refractivity contribution in [3.8, 4) is 0 Å². The third kappa shape index (κ3) is 4.13. The molecule has 0 aromatic heterocycles. The molecular formula is C24H27Cl2N5O2. The van der Waals surface area contributed by atoms with Gasteiger partial charge < -0.3 is 4.90 Å². The zero-order valence-electron chi connectivity index (χ0n) is 18.6. The fraction of sp³-hybridized carbons (Fsp3) is 0.417. The maximum Gasteiger partial charge on any atom is 0.328 e. The second-order valence-electron chi connectivity index (χ2n) is 9.20. The van der Waals surface area contributed by atoms with Crippen LogP contribution in [0.5, 0.6) is 0 Å². The lowest BCUT2D eigenvalue weighted by Gasteiger charge is -2.45. The lowest BCUT2D eigenvalue weighted by Crippen LogP contribution is -2.66. The third-order valence-corrected chi connectivity index (χ3v) is 7.33. The molecule has 3 fully saturated rings. The lowest BCUT2D eigenvalue weighted by molar-refractivity contribution is -0.141. The van der Waals surface area contributed by atoms with Crippen molar-refractivity contribution in [3.05, 3.63) is 69.7 Å². The summed E-state index contributed by atoms with van der Waals surface area (Å²) in [6, 6.07) is 14.6. The first-order chi connectivity index (χ1) is 15.8.